The highest BCUT2D eigenvalue weighted by Crippen LogP contribution is 2.22. The van der Waals surface area contributed by atoms with Gasteiger partial charge in [-0.05, 0) is 49.0 Å². The van der Waals surface area contributed by atoms with Crippen molar-refractivity contribution >= 4 is 11.3 Å². The third-order valence-electron chi connectivity index (χ3n) is 3.19. The number of hydrogen-bond acceptors (Lipinski definition) is 3. The van der Waals surface area contributed by atoms with Crippen molar-refractivity contribution in [2.45, 2.75) is 32.7 Å². The maximum absolute atomic E-state index is 5.86. The Morgan fingerprint density at radius 2 is 2.15 bits per heavy atom. The maximum atomic E-state index is 5.86. The Morgan fingerprint density at radius 1 is 1.25 bits per heavy atom. The van der Waals surface area contributed by atoms with Gasteiger partial charge < -0.3 is 10.1 Å². The maximum Gasteiger partial charge on any atom is 0.119 e. The van der Waals surface area contributed by atoms with Crippen LogP contribution in [0.1, 0.15) is 36.2 Å². The zero-order chi connectivity index (χ0) is 14.2. The number of ether oxygens (including phenoxy) is 1. The Bertz CT molecular complexity index is 495. The molecule has 1 unspecified atom stereocenters. The third kappa shape index (κ3) is 4.66. The van der Waals surface area contributed by atoms with E-state index in [0.29, 0.717) is 6.04 Å². The number of rotatable bonds is 8. The summed E-state index contributed by atoms with van der Waals surface area (Å²) in [4.78, 5) is 1.39. The molecule has 0 amide bonds. The summed E-state index contributed by atoms with van der Waals surface area (Å²) in [6.07, 6.45) is 2.15. The average Bonchev–Trinajstić information content (AvgIpc) is 2.96. The van der Waals surface area contributed by atoms with Gasteiger partial charge in [-0.25, -0.2) is 0 Å². The molecule has 20 heavy (non-hydrogen) atoms. The fraction of sp³-hybridized carbons (Fsp3) is 0.412. The van der Waals surface area contributed by atoms with Gasteiger partial charge in [-0.2, -0.15) is 0 Å². The van der Waals surface area contributed by atoms with Crippen molar-refractivity contribution in [2.24, 2.45) is 0 Å². The van der Waals surface area contributed by atoms with E-state index in [1.54, 1.807) is 0 Å². The van der Waals surface area contributed by atoms with E-state index < -0.39 is 0 Å². The topological polar surface area (TPSA) is 21.3 Å². The smallest absolute Gasteiger partial charge is 0.119 e. The Morgan fingerprint density at radius 3 is 2.85 bits per heavy atom. The van der Waals surface area contributed by atoms with Crippen molar-refractivity contribution in [1.29, 1.82) is 0 Å². The molecule has 0 radical (unpaired) electrons. The quantitative estimate of drug-likeness (QED) is 0.769. The second-order valence-corrected chi connectivity index (χ2v) is 5.96. The van der Waals surface area contributed by atoms with Gasteiger partial charge in [0.25, 0.3) is 0 Å². The van der Waals surface area contributed by atoms with Crippen LogP contribution in [0.4, 0.5) is 0 Å². The molecule has 0 aliphatic rings. The molecule has 0 bridgehead atoms. The van der Waals surface area contributed by atoms with Gasteiger partial charge in [0.2, 0.25) is 0 Å². The highest BCUT2D eigenvalue weighted by atomic mass is 32.1. The highest BCUT2D eigenvalue weighted by Gasteiger charge is 2.11. The van der Waals surface area contributed by atoms with Gasteiger partial charge in [0.1, 0.15) is 5.75 Å². The molecule has 108 valence electrons. The molecule has 0 saturated heterocycles. The number of nitrogens with one attached hydrogen (secondary N) is 1. The van der Waals surface area contributed by atoms with Crippen LogP contribution in [0, 0.1) is 6.92 Å². The van der Waals surface area contributed by atoms with E-state index in [1.807, 2.05) is 23.5 Å². The number of thiophene rings is 1. The normalized spacial score (nSPS) is 12.3. The van der Waals surface area contributed by atoms with E-state index in [9.17, 15) is 0 Å². The van der Waals surface area contributed by atoms with Crippen molar-refractivity contribution in [1.82, 2.24) is 5.32 Å². The minimum Gasteiger partial charge on any atom is -0.494 e. The van der Waals surface area contributed by atoms with Crippen LogP contribution in [-0.4, -0.2) is 13.2 Å². The van der Waals surface area contributed by atoms with Gasteiger partial charge in [0.15, 0.2) is 0 Å². The van der Waals surface area contributed by atoms with Gasteiger partial charge in [0.05, 0.1) is 6.61 Å². The fourth-order valence-electron chi connectivity index (χ4n) is 2.15. The molecule has 1 aromatic heterocycles. The minimum absolute atomic E-state index is 0.403. The van der Waals surface area contributed by atoms with Crippen LogP contribution in [0.5, 0.6) is 5.75 Å². The number of benzene rings is 1. The molecular weight excluding hydrogens is 266 g/mol. The predicted molar refractivity (Wildman–Crippen MR) is 86.6 cm³/mol. The van der Waals surface area contributed by atoms with E-state index in [1.165, 1.54) is 10.4 Å². The first-order valence-corrected chi connectivity index (χ1v) is 8.14. The van der Waals surface area contributed by atoms with Gasteiger partial charge in [-0.3, -0.25) is 0 Å². The Kier molecular flexibility index (Phi) is 6.09. The first-order valence-electron chi connectivity index (χ1n) is 7.26. The van der Waals surface area contributed by atoms with Gasteiger partial charge in [-0.15, -0.1) is 11.3 Å². The summed E-state index contributed by atoms with van der Waals surface area (Å²) in [5, 5.41) is 5.74. The van der Waals surface area contributed by atoms with E-state index >= 15 is 0 Å². The molecule has 0 aliphatic carbocycles. The average molecular weight is 289 g/mol. The second-order valence-electron chi connectivity index (χ2n) is 4.98. The number of aryl methyl sites for hydroxylation is 1. The van der Waals surface area contributed by atoms with E-state index in [2.05, 4.69) is 48.8 Å². The SMILES string of the molecule is CCCNC(CCOc1cccc(C)c1)c1cccs1. The lowest BCUT2D eigenvalue weighted by atomic mass is 10.1. The molecule has 1 N–H and O–H groups in total. The summed E-state index contributed by atoms with van der Waals surface area (Å²) >= 11 is 1.81. The van der Waals surface area contributed by atoms with Crippen LogP contribution in [-0.2, 0) is 0 Å². The molecule has 0 aliphatic heterocycles. The predicted octanol–water partition coefficient (Wildman–Crippen LogP) is 4.57. The molecule has 0 saturated carbocycles. The van der Waals surface area contributed by atoms with Crippen LogP contribution < -0.4 is 10.1 Å². The summed E-state index contributed by atoms with van der Waals surface area (Å²) in [6.45, 7) is 6.07. The monoisotopic (exact) mass is 289 g/mol. The lowest BCUT2D eigenvalue weighted by Gasteiger charge is -2.17. The minimum atomic E-state index is 0.403. The molecule has 0 fully saturated rings. The Hall–Kier alpha value is -1.32. The molecule has 0 spiro atoms. The first kappa shape index (κ1) is 15.1. The second kappa shape index (κ2) is 8.08. The first-order chi connectivity index (χ1) is 9.79. The lowest BCUT2D eigenvalue weighted by molar-refractivity contribution is 0.287. The van der Waals surface area contributed by atoms with Gasteiger partial charge >= 0.3 is 0 Å². The van der Waals surface area contributed by atoms with Crippen molar-refractivity contribution in [3.8, 4) is 5.75 Å². The standard InChI is InChI=1S/C17H23NOS/c1-3-10-18-16(17-8-5-12-20-17)9-11-19-15-7-4-6-14(2)13-15/h4-8,12-13,16,18H,3,9-11H2,1-2H3. The summed E-state index contributed by atoms with van der Waals surface area (Å²) in [7, 11) is 0. The van der Waals surface area contributed by atoms with Gasteiger partial charge in [-0.1, -0.05) is 25.1 Å². The molecule has 2 nitrogen and oxygen atoms in total. The summed E-state index contributed by atoms with van der Waals surface area (Å²) in [6, 6.07) is 12.9. The fourth-order valence-corrected chi connectivity index (χ4v) is 2.99. The van der Waals surface area contributed by atoms with E-state index in [0.717, 1.165) is 31.7 Å². The zero-order valence-corrected chi connectivity index (χ0v) is 13.1. The summed E-state index contributed by atoms with van der Waals surface area (Å²) in [5.41, 5.74) is 1.24. The molecule has 2 aromatic rings. The zero-order valence-electron chi connectivity index (χ0n) is 12.3. The molecular formula is C17H23NOS. The molecule has 3 heteroatoms. The third-order valence-corrected chi connectivity index (χ3v) is 4.18. The summed E-state index contributed by atoms with van der Waals surface area (Å²) in [5.74, 6) is 0.963. The highest BCUT2D eigenvalue weighted by molar-refractivity contribution is 7.10. The molecule has 1 atom stereocenters. The Labute approximate surface area is 125 Å². The lowest BCUT2D eigenvalue weighted by Crippen LogP contribution is -2.23. The van der Waals surface area contributed by atoms with Crippen LogP contribution in [0.15, 0.2) is 41.8 Å². The van der Waals surface area contributed by atoms with Crippen LogP contribution in [0.2, 0.25) is 0 Å². The number of hydrogen-bond donors (Lipinski definition) is 1. The van der Waals surface area contributed by atoms with Crippen molar-refractivity contribution < 1.29 is 4.74 Å². The van der Waals surface area contributed by atoms with Gasteiger partial charge in [0, 0.05) is 17.3 Å². The Balaban J connectivity index is 1.85. The van der Waals surface area contributed by atoms with Crippen LogP contribution in [0.3, 0.4) is 0 Å². The molecule has 2 rings (SSSR count). The largest absolute Gasteiger partial charge is 0.494 e. The van der Waals surface area contributed by atoms with Crippen LogP contribution in [0.25, 0.3) is 0 Å². The summed E-state index contributed by atoms with van der Waals surface area (Å²) < 4.78 is 5.86. The molecule has 1 heterocycles. The van der Waals surface area contributed by atoms with Crippen molar-refractivity contribution in [3.63, 3.8) is 0 Å². The van der Waals surface area contributed by atoms with Crippen LogP contribution >= 0.6 is 11.3 Å². The molecule has 1 aromatic carbocycles. The van der Waals surface area contributed by atoms with Crippen molar-refractivity contribution in [2.75, 3.05) is 13.2 Å². The van der Waals surface area contributed by atoms with E-state index in [-0.39, 0.29) is 0 Å². The van der Waals surface area contributed by atoms with E-state index in [4.69, 9.17) is 4.74 Å². The van der Waals surface area contributed by atoms with Crippen molar-refractivity contribution in [3.05, 3.63) is 52.2 Å².